The van der Waals surface area contributed by atoms with Gasteiger partial charge in [-0.3, -0.25) is 20.0 Å². The van der Waals surface area contributed by atoms with E-state index in [1.807, 2.05) is 24.3 Å². The fourth-order valence-electron chi connectivity index (χ4n) is 3.76. The smallest absolute Gasteiger partial charge is 0.269 e. The number of nitrogens with one attached hydrogen (secondary N) is 1. The summed E-state index contributed by atoms with van der Waals surface area (Å²) >= 11 is 6.08. The number of piperazine rings is 1. The summed E-state index contributed by atoms with van der Waals surface area (Å²) in [6.45, 7) is 4.07. The summed E-state index contributed by atoms with van der Waals surface area (Å²) in [4.78, 5) is 19.1. The van der Waals surface area contributed by atoms with Crippen molar-refractivity contribution in [1.29, 1.82) is 0 Å². The molecule has 2 aromatic carbocycles. The number of benzene rings is 2. The lowest BCUT2D eigenvalue weighted by atomic mass is 10.1. The van der Waals surface area contributed by atoms with Gasteiger partial charge in [-0.25, -0.2) is 13.1 Å². The Labute approximate surface area is 190 Å². The second-order valence-electron chi connectivity index (χ2n) is 7.47. The average Bonchev–Trinajstić information content (AvgIpc) is 2.79. The Bertz CT molecular complexity index is 1230. The summed E-state index contributed by atoms with van der Waals surface area (Å²) in [7, 11) is -3.71. The predicted molar refractivity (Wildman–Crippen MR) is 124 cm³/mol. The Morgan fingerprint density at radius 1 is 1.06 bits per heavy atom. The van der Waals surface area contributed by atoms with Crippen LogP contribution < -0.4 is 9.62 Å². The van der Waals surface area contributed by atoms with Crippen molar-refractivity contribution in [2.75, 3.05) is 44.2 Å². The first-order chi connectivity index (χ1) is 15.3. The number of hydrogen-bond acceptors (Lipinski definition) is 7. The molecule has 11 heteroatoms. The molecule has 1 fully saturated rings. The van der Waals surface area contributed by atoms with Gasteiger partial charge >= 0.3 is 0 Å². The van der Waals surface area contributed by atoms with Gasteiger partial charge in [-0.15, -0.1) is 0 Å². The number of aromatic nitrogens is 1. The maximum Gasteiger partial charge on any atom is 0.269 e. The van der Waals surface area contributed by atoms with Crippen LogP contribution in [0.15, 0.2) is 59.6 Å². The molecule has 0 aliphatic carbocycles. The highest BCUT2D eigenvalue weighted by atomic mass is 35.5. The van der Waals surface area contributed by atoms with E-state index in [4.69, 9.17) is 11.6 Å². The molecule has 0 bridgehead atoms. The molecule has 3 aromatic rings. The third-order valence-corrected chi connectivity index (χ3v) is 7.18. The fourth-order valence-corrected chi connectivity index (χ4v) is 4.95. The van der Waals surface area contributed by atoms with Crippen LogP contribution >= 0.6 is 11.6 Å². The number of non-ortho nitro benzene ring substituents is 1. The van der Waals surface area contributed by atoms with Crippen molar-refractivity contribution in [1.82, 2.24) is 14.6 Å². The molecular formula is C21H22ClN5O4S. The van der Waals surface area contributed by atoms with Crippen LogP contribution in [-0.2, 0) is 10.0 Å². The molecular weight excluding hydrogens is 454 g/mol. The zero-order chi connectivity index (χ0) is 22.7. The quantitative estimate of drug-likeness (QED) is 0.413. The van der Waals surface area contributed by atoms with E-state index in [1.165, 1.54) is 24.3 Å². The van der Waals surface area contributed by atoms with Gasteiger partial charge in [-0.2, -0.15) is 0 Å². The molecule has 1 aliphatic heterocycles. The van der Waals surface area contributed by atoms with Crippen molar-refractivity contribution < 1.29 is 13.3 Å². The van der Waals surface area contributed by atoms with Gasteiger partial charge in [0, 0.05) is 73.7 Å². The van der Waals surface area contributed by atoms with Crippen molar-refractivity contribution in [2.45, 2.75) is 4.90 Å². The number of fused-ring (bicyclic) bond motifs is 1. The van der Waals surface area contributed by atoms with E-state index in [0.29, 0.717) is 11.6 Å². The minimum atomic E-state index is -3.71. The highest BCUT2D eigenvalue weighted by Gasteiger charge is 2.20. The van der Waals surface area contributed by atoms with Crippen molar-refractivity contribution in [3.8, 4) is 0 Å². The van der Waals surface area contributed by atoms with Crippen molar-refractivity contribution in [3.63, 3.8) is 0 Å². The second kappa shape index (κ2) is 9.37. The number of hydrogen-bond donors (Lipinski definition) is 1. The summed E-state index contributed by atoms with van der Waals surface area (Å²) in [6, 6.07) is 12.6. The monoisotopic (exact) mass is 475 g/mol. The number of nitro groups is 1. The molecule has 0 spiro atoms. The standard InChI is InChI=1S/C21H22ClN5O4S/c22-16-1-6-19-20(15-16)23-8-7-21(19)26-13-11-25(12-14-26)10-9-24-32(30,31)18-4-2-17(3-5-18)27(28)29/h1-8,15,24H,9-14H2. The van der Waals surface area contributed by atoms with Gasteiger partial charge in [0.15, 0.2) is 0 Å². The Morgan fingerprint density at radius 2 is 1.78 bits per heavy atom. The number of rotatable bonds is 7. The number of nitrogens with zero attached hydrogens (tertiary/aromatic N) is 4. The number of pyridine rings is 1. The van der Waals surface area contributed by atoms with Crippen molar-refractivity contribution in [3.05, 3.63) is 69.9 Å². The van der Waals surface area contributed by atoms with Gasteiger partial charge in [-0.1, -0.05) is 11.6 Å². The molecule has 1 saturated heterocycles. The average molecular weight is 476 g/mol. The molecule has 0 amide bonds. The van der Waals surface area contributed by atoms with E-state index >= 15 is 0 Å². The molecule has 0 radical (unpaired) electrons. The molecule has 32 heavy (non-hydrogen) atoms. The lowest BCUT2D eigenvalue weighted by molar-refractivity contribution is -0.384. The highest BCUT2D eigenvalue weighted by Crippen LogP contribution is 2.28. The van der Waals surface area contributed by atoms with Crippen LogP contribution in [0.4, 0.5) is 11.4 Å². The maximum atomic E-state index is 12.4. The lowest BCUT2D eigenvalue weighted by Gasteiger charge is -2.36. The Balaban J connectivity index is 1.31. The normalized spacial score (nSPS) is 15.2. The topological polar surface area (TPSA) is 109 Å². The number of halogens is 1. The SMILES string of the molecule is O=[N+]([O-])c1ccc(S(=O)(=O)NCCN2CCN(c3ccnc4cc(Cl)ccc34)CC2)cc1. The third-order valence-electron chi connectivity index (χ3n) is 5.47. The van der Waals surface area contributed by atoms with Crippen LogP contribution in [0.25, 0.3) is 10.9 Å². The van der Waals surface area contributed by atoms with Crippen molar-refractivity contribution in [2.24, 2.45) is 0 Å². The van der Waals surface area contributed by atoms with Crippen LogP contribution in [0.2, 0.25) is 5.02 Å². The fraction of sp³-hybridized carbons (Fsp3) is 0.286. The van der Waals surface area contributed by atoms with E-state index in [1.54, 1.807) is 6.20 Å². The maximum absolute atomic E-state index is 12.4. The molecule has 0 saturated carbocycles. The minimum Gasteiger partial charge on any atom is -0.368 e. The summed E-state index contributed by atoms with van der Waals surface area (Å²) in [6.07, 6.45) is 1.79. The van der Waals surface area contributed by atoms with Crippen LogP contribution in [0.5, 0.6) is 0 Å². The first kappa shape index (κ1) is 22.4. The van der Waals surface area contributed by atoms with Crippen LogP contribution in [-0.4, -0.2) is 62.5 Å². The van der Waals surface area contributed by atoms with Crippen LogP contribution in [0, 0.1) is 10.1 Å². The van der Waals surface area contributed by atoms with E-state index in [0.717, 1.165) is 42.8 Å². The summed E-state index contributed by atoms with van der Waals surface area (Å²) < 4.78 is 27.4. The zero-order valence-electron chi connectivity index (χ0n) is 17.1. The molecule has 0 unspecified atom stereocenters. The molecule has 1 N–H and O–H groups in total. The second-order valence-corrected chi connectivity index (χ2v) is 9.67. The summed E-state index contributed by atoms with van der Waals surface area (Å²) in [5.41, 5.74) is 1.83. The third kappa shape index (κ3) is 4.99. The van der Waals surface area contributed by atoms with Gasteiger partial charge in [0.2, 0.25) is 10.0 Å². The lowest BCUT2D eigenvalue weighted by Crippen LogP contribution is -2.48. The zero-order valence-corrected chi connectivity index (χ0v) is 18.7. The first-order valence-corrected chi connectivity index (χ1v) is 12.0. The molecule has 168 valence electrons. The largest absolute Gasteiger partial charge is 0.368 e. The van der Waals surface area contributed by atoms with E-state index < -0.39 is 14.9 Å². The Morgan fingerprint density at radius 3 is 2.47 bits per heavy atom. The number of nitro benzene ring substituents is 1. The van der Waals surface area contributed by atoms with Gasteiger partial charge in [-0.05, 0) is 36.4 Å². The van der Waals surface area contributed by atoms with Crippen LogP contribution in [0.3, 0.4) is 0 Å². The minimum absolute atomic E-state index is 0.0117. The molecule has 2 heterocycles. The predicted octanol–water partition coefficient (Wildman–Crippen LogP) is 2.90. The summed E-state index contributed by atoms with van der Waals surface area (Å²) in [5.74, 6) is 0. The molecule has 1 aromatic heterocycles. The van der Waals surface area contributed by atoms with Crippen LogP contribution in [0.1, 0.15) is 0 Å². The number of anilines is 1. The van der Waals surface area contributed by atoms with E-state index in [-0.39, 0.29) is 17.1 Å². The Hall–Kier alpha value is -2.79. The van der Waals surface area contributed by atoms with E-state index in [2.05, 4.69) is 19.5 Å². The first-order valence-electron chi connectivity index (χ1n) is 10.1. The molecule has 0 atom stereocenters. The van der Waals surface area contributed by atoms with Gasteiger partial charge < -0.3 is 4.90 Å². The highest BCUT2D eigenvalue weighted by molar-refractivity contribution is 7.89. The number of sulfonamides is 1. The van der Waals surface area contributed by atoms with Gasteiger partial charge in [0.25, 0.3) is 5.69 Å². The van der Waals surface area contributed by atoms with Gasteiger partial charge in [0.05, 0.1) is 15.3 Å². The molecule has 4 rings (SSSR count). The molecule has 1 aliphatic rings. The summed E-state index contributed by atoms with van der Waals surface area (Å²) in [5, 5.41) is 12.4. The Kier molecular flexibility index (Phi) is 6.56. The van der Waals surface area contributed by atoms with E-state index in [9.17, 15) is 18.5 Å². The molecule has 9 nitrogen and oxygen atoms in total. The van der Waals surface area contributed by atoms with Gasteiger partial charge in [0.1, 0.15) is 0 Å². The van der Waals surface area contributed by atoms with Crippen molar-refractivity contribution >= 4 is 43.9 Å².